The molecule has 1 N–H and O–H groups in total. The average molecular weight is 266 g/mol. The molecule has 0 spiro atoms. The van der Waals surface area contributed by atoms with Gasteiger partial charge in [-0.2, -0.15) is 0 Å². The molecule has 0 aliphatic heterocycles. The van der Waals surface area contributed by atoms with E-state index in [4.69, 9.17) is 0 Å². The molecule has 3 heteroatoms. The SMILES string of the molecule is CCN(CC)CCCC(C)NCc1ccc(F)cc1. The summed E-state index contributed by atoms with van der Waals surface area (Å²) < 4.78 is 12.8. The summed E-state index contributed by atoms with van der Waals surface area (Å²) in [5.74, 6) is -0.170. The van der Waals surface area contributed by atoms with Gasteiger partial charge in [0.25, 0.3) is 0 Å². The lowest BCUT2D eigenvalue weighted by Crippen LogP contribution is -2.28. The number of rotatable bonds is 9. The Morgan fingerprint density at radius 2 is 1.79 bits per heavy atom. The molecule has 0 aliphatic rings. The Kier molecular flexibility index (Phi) is 7.68. The Morgan fingerprint density at radius 1 is 1.16 bits per heavy atom. The zero-order valence-electron chi connectivity index (χ0n) is 12.5. The maximum Gasteiger partial charge on any atom is 0.123 e. The lowest BCUT2D eigenvalue weighted by atomic mass is 10.1. The van der Waals surface area contributed by atoms with Gasteiger partial charge in [0.15, 0.2) is 0 Å². The van der Waals surface area contributed by atoms with E-state index in [1.807, 2.05) is 12.1 Å². The molecule has 1 rings (SSSR count). The van der Waals surface area contributed by atoms with E-state index in [9.17, 15) is 4.39 Å². The second kappa shape index (κ2) is 9.05. The van der Waals surface area contributed by atoms with Gasteiger partial charge < -0.3 is 10.2 Å². The minimum Gasteiger partial charge on any atom is -0.310 e. The molecule has 19 heavy (non-hydrogen) atoms. The molecular weight excluding hydrogens is 239 g/mol. The highest BCUT2D eigenvalue weighted by molar-refractivity contribution is 5.15. The van der Waals surface area contributed by atoms with Crippen LogP contribution in [0.2, 0.25) is 0 Å². The molecule has 0 fully saturated rings. The Hall–Kier alpha value is -0.930. The van der Waals surface area contributed by atoms with E-state index in [2.05, 4.69) is 31.0 Å². The zero-order valence-corrected chi connectivity index (χ0v) is 12.5. The number of halogens is 1. The highest BCUT2D eigenvalue weighted by Gasteiger charge is 2.04. The summed E-state index contributed by atoms with van der Waals surface area (Å²) in [4.78, 5) is 2.45. The quantitative estimate of drug-likeness (QED) is 0.736. The molecule has 1 unspecified atom stereocenters. The van der Waals surface area contributed by atoms with E-state index in [1.54, 1.807) is 0 Å². The molecule has 0 radical (unpaired) electrons. The van der Waals surface area contributed by atoms with Gasteiger partial charge >= 0.3 is 0 Å². The van der Waals surface area contributed by atoms with Crippen LogP contribution < -0.4 is 5.32 Å². The summed E-state index contributed by atoms with van der Waals surface area (Å²) in [5, 5.41) is 3.49. The molecular formula is C16H27FN2. The first kappa shape index (κ1) is 16.1. The highest BCUT2D eigenvalue weighted by atomic mass is 19.1. The zero-order chi connectivity index (χ0) is 14.1. The fourth-order valence-corrected chi connectivity index (χ4v) is 2.16. The van der Waals surface area contributed by atoms with E-state index >= 15 is 0 Å². The lowest BCUT2D eigenvalue weighted by molar-refractivity contribution is 0.290. The van der Waals surface area contributed by atoms with Crippen LogP contribution in [0.25, 0.3) is 0 Å². The molecule has 108 valence electrons. The van der Waals surface area contributed by atoms with E-state index in [0.29, 0.717) is 6.04 Å². The first-order valence-electron chi connectivity index (χ1n) is 7.35. The van der Waals surface area contributed by atoms with E-state index in [1.165, 1.54) is 31.5 Å². The van der Waals surface area contributed by atoms with Crippen LogP contribution in [-0.4, -0.2) is 30.6 Å². The van der Waals surface area contributed by atoms with Crippen LogP contribution in [-0.2, 0) is 6.54 Å². The smallest absolute Gasteiger partial charge is 0.123 e. The molecule has 2 nitrogen and oxygen atoms in total. The van der Waals surface area contributed by atoms with Gasteiger partial charge in [-0.05, 0) is 57.1 Å². The largest absolute Gasteiger partial charge is 0.310 e. The number of hydrogen-bond acceptors (Lipinski definition) is 2. The van der Waals surface area contributed by atoms with Crippen molar-refractivity contribution in [1.82, 2.24) is 10.2 Å². The van der Waals surface area contributed by atoms with Crippen molar-refractivity contribution in [2.75, 3.05) is 19.6 Å². The second-order valence-corrected chi connectivity index (χ2v) is 5.08. The summed E-state index contributed by atoms with van der Waals surface area (Å²) in [6.07, 6.45) is 2.40. The number of benzene rings is 1. The van der Waals surface area contributed by atoms with Crippen molar-refractivity contribution in [1.29, 1.82) is 0 Å². The van der Waals surface area contributed by atoms with Gasteiger partial charge in [0.1, 0.15) is 5.82 Å². The van der Waals surface area contributed by atoms with Crippen LogP contribution in [0.1, 0.15) is 39.2 Å². The maximum absolute atomic E-state index is 12.8. The fraction of sp³-hybridized carbons (Fsp3) is 0.625. The van der Waals surface area contributed by atoms with E-state index in [-0.39, 0.29) is 5.82 Å². The molecule has 0 bridgehead atoms. The number of nitrogens with one attached hydrogen (secondary N) is 1. The van der Waals surface area contributed by atoms with Crippen molar-refractivity contribution in [2.24, 2.45) is 0 Å². The maximum atomic E-state index is 12.8. The Balaban J connectivity index is 2.17. The summed E-state index contributed by atoms with van der Waals surface area (Å²) >= 11 is 0. The number of hydrogen-bond donors (Lipinski definition) is 1. The van der Waals surface area contributed by atoms with Crippen LogP contribution in [0.15, 0.2) is 24.3 Å². The highest BCUT2D eigenvalue weighted by Crippen LogP contribution is 2.04. The van der Waals surface area contributed by atoms with Crippen LogP contribution in [0.3, 0.4) is 0 Å². The summed E-state index contributed by atoms with van der Waals surface area (Å²) in [5.41, 5.74) is 1.14. The normalized spacial score (nSPS) is 12.9. The van der Waals surface area contributed by atoms with Crippen molar-refractivity contribution in [3.05, 3.63) is 35.6 Å². The molecule has 0 amide bonds. The van der Waals surface area contributed by atoms with E-state index in [0.717, 1.165) is 25.2 Å². The Morgan fingerprint density at radius 3 is 2.37 bits per heavy atom. The van der Waals surface area contributed by atoms with Crippen molar-refractivity contribution in [3.8, 4) is 0 Å². The molecule has 0 saturated heterocycles. The minimum atomic E-state index is -0.170. The predicted octanol–water partition coefficient (Wildman–Crippen LogP) is 3.43. The van der Waals surface area contributed by atoms with Crippen LogP contribution in [0.5, 0.6) is 0 Å². The minimum absolute atomic E-state index is 0.170. The summed E-state index contributed by atoms with van der Waals surface area (Å²) in [6, 6.07) is 7.21. The van der Waals surface area contributed by atoms with Gasteiger partial charge in [0.05, 0.1) is 0 Å². The van der Waals surface area contributed by atoms with Crippen molar-refractivity contribution in [2.45, 2.75) is 46.2 Å². The standard InChI is InChI=1S/C16H27FN2/c1-4-19(5-2)12-6-7-14(3)18-13-15-8-10-16(17)11-9-15/h8-11,14,18H,4-7,12-13H2,1-3H3. The third-order valence-corrected chi connectivity index (χ3v) is 3.57. The molecule has 1 aromatic rings. The third kappa shape index (κ3) is 6.69. The van der Waals surface area contributed by atoms with Crippen LogP contribution in [0.4, 0.5) is 4.39 Å². The fourth-order valence-electron chi connectivity index (χ4n) is 2.16. The molecule has 1 atom stereocenters. The first-order valence-corrected chi connectivity index (χ1v) is 7.35. The summed E-state index contributed by atoms with van der Waals surface area (Å²) in [6.45, 7) is 10.9. The van der Waals surface area contributed by atoms with Gasteiger partial charge in [0.2, 0.25) is 0 Å². The monoisotopic (exact) mass is 266 g/mol. The van der Waals surface area contributed by atoms with E-state index < -0.39 is 0 Å². The van der Waals surface area contributed by atoms with Crippen LogP contribution in [0, 0.1) is 5.82 Å². The first-order chi connectivity index (χ1) is 9.15. The molecule has 1 aromatic carbocycles. The molecule has 0 aliphatic carbocycles. The predicted molar refractivity (Wildman–Crippen MR) is 79.7 cm³/mol. The van der Waals surface area contributed by atoms with Gasteiger partial charge in [-0.25, -0.2) is 4.39 Å². The Labute approximate surface area is 117 Å². The molecule has 0 heterocycles. The van der Waals surface area contributed by atoms with Gasteiger partial charge in [0, 0.05) is 12.6 Å². The molecule has 0 saturated carbocycles. The molecule has 0 aromatic heterocycles. The lowest BCUT2D eigenvalue weighted by Gasteiger charge is -2.19. The second-order valence-electron chi connectivity index (χ2n) is 5.08. The topological polar surface area (TPSA) is 15.3 Å². The average Bonchev–Trinajstić information content (AvgIpc) is 2.43. The van der Waals surface area contributed by atoms with Crippen LogP contribution >= 0.6 is 0 Å². The number of nitrogens with zero attached hydrogens (tertiary/aromatic N) is 1. The summed E-state index contributed by atoms with van der Waals surface area (Å²) in [7, 11) is 0. The van der Waals surface area contributed by atoms with Gasteiger partial charge in [-0.1, -0.05) is 26.0 Å². The van der Waals surface area contributed by atoms with Crippen molar-refractivity contribution < 1.29 is 4.39 Å². The van der Waals surface area contributed by atoms with Gasteiger partial charge in [-0.3, -0.25) is 0 Å². The van der Waals surface area contributed by atoms with Crippen molar-refractivity contribution >= 4 is 0 Å². The third-order valence-electron chi connectivity index (χ3n) is 3.57. The van der Waals surface area contributed by atoms with Crippen molar-refractivity contribution in [3.63, 3.8) is 0 Å². The Bertz CT molecular complexity index is 333. The van der Waals surface area contributed by atoms with Gasteiger partial charge in [-0.15, -0.1) is 0 Å².